The molecule has 0 bridgehead atoms. The van der Waals surface area contributed by atoms with Crippen LogP contribution in [-0.4, -0.2) is 92.4 Å². The molecule has 0 aliphatic heterocycles. The smallest absolute Gasteiger partial charge is 0.306 e. The summed E-state index contributed by atoms with van der Waals surface area (Å²) in [6.45, 7) is -11.1. The number of rotatable bonds is 18. The third kappa shape index (κ3) is 7.72. The van der Waals surface area contributed by atoms with E-state index in [1.165, 1.54) is 0 Å². The summed E-state index contributed by atoms with van der Waals surface area (Å²) in [7, 11) is -5.29. The van der Waals surface area contributed by atoms with Crippen LogP contribution in [0.15, 0.2) is 0 Å². The van der Waals surface area contributed by atoms with E-state index in [1.807, 2.05) is 0 Å². The minimum Gasteiger partial charge on any atom is -0.306 e. The molecule has 3 nitrogen and oxygen atoms in total. The molecule has 0 aliphatic rings. The van der Waals surface area contributed by atoms with Gasteiger partial charge in [0.25, 0.3) is 0 Å². The second kappa shape index (κ2) is 12.8. The number of halogens is 24. The van der Waals surface area contributed by atoms with Crippen molar-refractivity contribution < 1.29 is 119 Å². The normalized spacial score (nSPS) is 15.9. The molecule has 0 spiro atoms. The Hall–Kier alpha value is -1.37. The van der Waals surface area contributed by atoms with Gasteiger partial charge >= 0.3 is 81.2 Å². The lowest BCUT2D eigenvalue weighted by Crippen LogP contribution is -2.59. The lowest BCUT2D eigenvalue weighted by Gasteiger charge is -2.34. The zero-order chi connectivity index (χ0) is 35.1. The molecular formula is C15H9F24O3P. The van der Waals surface area contributed by atoms with Gasteiger partial charge in [0, 0.05) is 0 Å². The van der Waals surface area contributed by atoms with Crippen molar-refractivity contribution in [2.75, 3.05) is 19.8 Å². The van der Waals surface area contributed by atoms with Crippen molar-refractivity contribution in [1.29, 1.82) is 0 Å². The first-order valence-electron chi connectivity index (χ1n) is 9.55. The van der Waals surface area contributed by atoms with Crippen LogP contribution in [-0.2, 0) is 13.6 Å². The molecule has 28 heteroatoms. The van der Waals surface area contributed by atoms with E-state index in [1.54, 1.807) is 0 Å². The molecule has 0 aromatic carbocycles. The van der Waals surface area contributed by atoms with Gasteiger partial charge in [-0.3, -0.25) is 0 Å². The first-order valence-corrected chi connectivity index (χ1v) is 10.6. The number of hydrogen-bond donors (Lipinski definition) is 0. The summed E-state index contributed by atoms with van der Waals surface area (Å²) in [6, 6.07) is 0. The Balaban J connectivity index is 6.36. The van der Waals surface area contributed by atoms with Crippen LogP contribution in [0.2, 0.25) is 0 Å². The monoisotopic (exact) mass is 724 g/mol. The molecule has 0 radical (unpaired) electrons. The maximum atomic E-state index is 13.5. The zero-order valence-electron chi connectivity index (χ0n) is 19.1. The van der Waals surface area contributed by atoms with Crippen LogP contribution in [0.1, 0.15) is 0 Å². The minimum atomic E-state index is -7.29. The van der Waals surface area contributed by atoms with Gasteiger partial charge < -0.3 is 13.6 Å². The van der Waals surface area contributed by atoms with Crippen LogP contribution < -0.4 is 0 Å². The Bertz CT molecular complexity index is 792. The summed E-state index contributed by atoms with van der Waals surface area (Å²) < 4.78 is 320. The van der Waals surface area contributed by atoms with Gasteiger partial charge in [0.05, 0.1) is 0 Å². The fourth-order valence-corrected chi connectivity index (χ4v) is 2.95. The highest BCUT2D eigenvalue weighted by Gasteiger charge is 2.78. The van der Waals surface area contributed by atoms with Gasteiger partial charge in [-0.05, 0) is 0 Å². The van der Waals surface area contributed by atoms with E-state index in [0.717, 1.165) is 0 Å². The molecule has 0 N–H and O–H groups in total. The second-order valence-corrected chi connectivity index (χ2v) is 8.87. The van der Waals surface area contributed by atoms with Crippen LogP contribution >= 0.6 is 8.60 Å². The van der Waals surface area contributed by atoms with E-state index in [0.29, 0.717) is 0 Å². The van der Waals surface area contributed by atoms with Gasteiger partial charge in [-0.2, -0.15) is 79.0 Å². The lowest BCUT2D eigenvalue weighted by atomic mass is 10.1. The average molecular weight is 724 g/mol. The summed E-state index contributed by atoms with van der Waals surface area (Å²) in [5.74, 6) is -63.2. The van der Waals surface area contributed by atoms with Gasteiger partial charge in [0.15, 0.2) is 0 Å². The zero-order valence-corrected chi connectivity index (χ0v) is 20.0. The van der Waals surface area contributed by atoms with E-state index < -0.39 is 101 Å². The van der Waals surface area contributed by atoms with Gasteiger partial charge in [-0.1, -0.05) is 0 Å². The van der Waals surface area contributed by atoms with Crippen molar-refractivity contribution in [3.8, 4) is 0 Å². The van der Waals surface area contributed by atoms with Crippen LogP contribution in [0.5, 0.6) is 0 Å². The van der Waals surface area contributed by atoms with Crippen LogP contribution in [0, 0.1) is 0 Å². The predicted octanol–water partition coefficient (Wildman–Crippen LogP) is 8.78. The highest BCUT2D eigenvalue weighted by molar-refractivity contribution is 7.41. The highest BCUT2D eigenvalue weighted by Crippen LogP contribution is 2.55. The van der Waals surface area contributed by atoms with E-state index in [9.17, 15) is 105 Å². The highest BCUT2D eigenvalue weighted by atomic mass is 31.2. The molecule has 0 saturated carbocycles. The average Bonchev–Trinajstić information content (AvgIpc) is 2.82. The molecule has 0 aliphatic carbocycles. The van der Waals surface area contributed by atoms with Gasteiger partial charge in [0.1, 0.15) is 19.8 Å². The molecule has 0 unspecified atom stereocenters. The molecule has 0 saturated heterocycles. The Morgan fingerprint density at radius 1 is 0.349 bits per heavy atom. The molecule has 0 amide bonds. The largest absolute Gasteiger partial charge is 0.380 e. The molecule has 0 heterocycles. The van der Waals surface area contributed by atoms with Crippen LogP contribution in [0.25, 0.3) is 0 Å². The summed E-state index contributed by atoms with van der Waals surface area (Å²) in [6.07, 6.45) is -16.9. The molecule has 0 aromatic rings. The molecule has 0 atom stereocenters. The first kappa shape index (κ1) is 41.6. The van der Waals surface area contributed by atoms with Crippen molar-refractivity contribution in [3.63, 3.8) is 0 Å². The fraction of sp³-hybridized carbons (Fsp3) is 1.00. The van der Waals surface area contributed by atoms with Gasteiger partial charge in [0.2, 0.25) is 0 Å². The Kier molecular flexibility index (Phi) is 12.4. The maximum absolute atomic E-state index is 13.5. The van der Waals surface area contributed by atoms with Crippen molar-refractivity contribution in [2.45, 2.75) is 72.6 Å². The number of hydrogen-bond acceptors (Lipinski definition) is 3. The third-order valence-corrected chi connectivity index (χ3v) is 5.53. The third-order valence-electron chi connectivity index (χ3n) is 4.51. The van der Waals surface area contributed by atoms with Crippen molar-refractivity contribution in [3.05, 3.63) is 0 Å². The second-order valence-electron chi connectivity index (χ2n) is 7.65. The van der Waals surface area contributed by atoms with E-state index >= 15 is 0 Å². The van der Waals surface area contributed by atoms with Gasteiger partial charge in [-0.25, -0.2) is 26.3 Å². The summed E-state index contributed by atoms with van der Waals surface area (Å²) in [5, 5.41) is 0. The maximum Gasteiger partial charge on any atom is 0.380 e. The Morgan fingerprint density at radius 3 is 0.651 bits per heavy atom. The first-order chi connectivity index (χ1) is 18.6. The van der Waals surface area contributed by atoms with Crippen LogP contribution in [0.4, 0.5) is 105 Å². The molecule has 0 aromatic heterocycles. The minimum absolute atomic E-state index is 3.13. The number of alkyl halides is 24. The quantitative estimate of drug-likeness (QED) is 0.105. The van der Waals surface area contributed by atoms with Crippen molar-refractivity contribution in [2.24, 2.45) is 0 Å². The molecule has 0 rings (SSSR count). The molecule has 0 fully saturated rings. The summed E-state index contributed by atoms with van der Waals surface area (Å²) in [4.78, 5) is 0. The SMILES string of the molecule is FC(F)C(F)(F)C(F)(F)C(F)(F)COP(OCC(F)(F)C(F)(F)C(F)(F)C(F)F)OCC(F)(F)C(F)(F)C(F)(F)C(F)F. The fourth-order valence-electron chi connectivity index (χ4n) is 1.93. The molecule has 260 valence electrons. The standard InChI is InChI=1S/C15H9F24O3P/c16-4(17)10(28,29)13(34,35)7(22,23)1-40-43(41-2-8(24,25)14(36,37)11(30,31)5(18)19)42-3-9(26,27)15(38,39)12(32,33)6(20)21/h4-6H,1-3H2. The van der Waals surface area contributed by atoms with E-state index in [-0.39, 0.29) is 0 Å². The van der Waals surface area contributed by atoms with E-state index in [2.05, 4.69) is 13.6 Å². The molecule has 43 heavy (non-hydrogen) atoms. The molecular weight excluding hydrogens is 715 g/mol. The Morgan fingerprint density at radius 2 is 0.512 bits per heavy atom. The van der Waals surface area contributed by atoms with Crippen LogP contribution in [0.3, 0.4) is 0 Å². The predicted molar refractivity (Wildman–Crippen MR) is 87.3 cm³/mol. The summed E-state index contributed by atoms with van der Waals surface area (Å²) in [5.41, 5.74) is 0. The Labute approximate surface area is 221 Å². The van der Waals surface area contributed by atoms with Gasteiger partial charge in [-0.15, -0.1) is 0 Å². The van der Waals surface area contributed by atoms with Crippen molar-refractivity contribution in [1.82, 2.24) is 0 Å². The topological polar surface area (TPSA) is 27.7 Å². The lowest BCUT2D eigenvalue weighted by molar-refractivity contribution is -0.346. The summed E-state index contributed by atoms with van der Waals surface area (Å²) >= 11 is 0. The van der Waals surface area contributed by atoms with Crippen molar-refractivity contribution >= 4 is 8.60 Å². The van der Waals surface area contributed by atoms with E-state index in [4.69, 9.17) is 0 Å².